The zero-order valence-electron chi connectivity index (χ0n) is 22.2. The van der Waals surface area contributed by atoms with E-state index in [1.165, 1.54) is 0 Å². The molecule has 0 spiro atoms. The van der Waals surface area contributed by atoms with Crippen molar-refractivity contribution in [2.45, 2.75) is 78.1 Å². The molecule has 2 amide bonds. The third-order valence-electron chi connectivity index (χ3n) is 6.59. The minimum atomic E-state index is -0.280. The van der Waals surface area contributed by atoms with E-state index in [1.807, 2.05) is 43.3 Å². The van der Waals surface area contributed by atoms with Crippen molar-refractivity contribution in [3.63, 3.8) is 0 Å². The average molecular weight is 507 g/mol. The van der Waals surface area contributed by atoms with E-state index in [2.05, 4.69) is 17.6 Å². The van der Waals surface area contributed by atoms with Crippen molar-refractivity contribution >= 4 is 29.3 Å². The van der Waals surface area contributed by atoms with Gasteiger partial charge in [0.05, 0.1) is 0 Å². The number of amides is 2. The molecule has 3 rings (SSSR count). The van der Waals surface area contributed by atoms with Crippen molar-refractivity contribution in [2.24, 2.45) is 0 Å². The molecular weight excluding hydrogens is 468 g/mol. The van der Waals surface area contributed by atoms with Gasteiger partial charge in [0.25, 0.3) is 0 Å². The number of benzene rings is 2. The topological polar surface area (TPSA) is 102 Å². The fraction of sp³-hybridized carbons (Fsp3) is 0.467. The van der Waals surface area contributed by atoms with E-state index >= 15 is 0 Å². The van der Waals surface area contributed by atoms with Crippen molar-refractivity contribution in [2.75, 3.05) is 18.5 Å². The number of ketones is 1. The van der Waals surface area contributed by atoms with Gasteiger partial charge in [-0.1, -0.05) is 51.5 Å². The number of ether oxygens (including phenoxy) is 1. The lowest BCUT2D eigenvalue weighted by Gasteiger charge is -2.15. The Bertz CT molecular complexity index is 1140. The normalized spacial score (nSPS) is 13.4. The number of fused-ring (bicyclic) bond motifs is 3. The molecule has 0 bridgehead atoms. The molecule has 1 atom stereocenters. The minimum absolute atomic E-state index is 0.0429. The number of anilines is 1. The maximum Gasteiger partial charge on any atom is 0.305 e. The first-order valence-corrected chi connectivity index (χ1v) is 13.4. The summed E-state index contributed by atoms with van der Waals surface area (Å²) in [6.07, 6.45) is 4.45. The van der Waals surface area contributed by atoms with Crippen molar-refractivity contribution < 1.29 is 23.9 Å². The van der Waals surface area contributed by atoms with Crippen LogP contribution >= 0.6 is 0 Å². The monoisotopic (exact) mass is 506 g/mol. The number of carbonyl (C=O) groups is 4. The van der Waals surface area contributed by atoms with Gasteiger partial charge in [-0.2, -0.15) is 0 Å². The number of Topliss-reactive ketones (excluding diaryl/α,β-unsaturated/α-hetero) is 1. The van der Waals surface area contributed by atoms with Crippen molar-refractivity contribution in [1.29, 1.82) is 0 Å². The second-order valence-electron chi connectivity index (χ2n) is 9.44. The van der Waals surface area contributed by atoms with Gasteiger partial charge in [0.1, 0.15) is 6.61 Å². The highest BCUT2D eigenvalue weighted by Crippen LogP contribution is 2.47. The first-order valence-electron chi connectivity index (χ1n) is 13.4. The van der Waals surface area contributed by atoms with Gasteiger partial charge in [0.2, 0.25) is 11.8 Å². The molecule has 0 heterocycles. The molecule has 1 aliphatic rings. The SMILES string of the molecule is CCCCC(=O)c1cccc2c1-c1ccc(NC(=O)CCCC(=O)NCCC)cc1C2COC(=O)CC. The number of hydrogen-bond donors (Lipinski definition) is 2. The Balaban J connectivity index is 1.82. The largest absolute Gasteiger partial charge is 0.465 e. The van der Waals surface area contributed by atoms with Crippen LogP contribution in [0.4, 0.5) is 5.69 Å². The molecule has 7 nitrogen and oxygen atoms in total. The van der Waals surface area contributed by atoms with Gasteiger partial charge in [-0.15, -0.1) is 0 Å². The molecule has 0 fully saturated rings. The molecule has 1 aliphatic carbocycles. The number of esters is 1. The smallest absolute Gasteiger partial charge is 0.305 e. The predicted octanol–water partition coefficient (Wildman–Crippen LogP) is 5.76. The third kappa shape index (κ3) is 7.28. The lowest BCUT2D eigenvalue weighted by molar-refractivity contribution is -0.143. The van der Waals surface area contributed by atoms with Crippen LogP contribution in [0.15, 0.2) is 36.4 Å². The average Bonchev–Trinajstić information content (AvgIpc) is 3.21. The second-order valence-corrected chi connectivity index (χ2v) is 9.44. The molecular formula is C30H38N2O5. The highest BCUT2D eigenvalue weighted by Gasteiger charge is 2.33. The van der Waals surface area contributed by atoms with E-state index < -0.39 is 0 Å². The molecule has 2 aromatic carbocycles. The molecule has 2 aromatic rings. The predicted molar refractivity (Wildman–Crippen MR) is 145 cm³/mol. The van der Waals surface area contributed by atoms with Gasteiger partial charge < -0.3 is 15.4 Å². The molecule has 1 unspecified atom stereocenters. The Morgan fingerprint density at radius 1 is 0.865 bits per heavy atom. The van der Waals surface area contributed by atoms with Crippen LogP contribution in [0.1, 0.15) is 99.5 Å². The number of unbranched alkanes of at least 4 members (excludes halogenated alkanes) is 1. The molecule has 7 heteroatoms. The Hall–Kier alpha value is -3.48. The highest BCUT2D eigenvalue weighted by molar-refractivity contribution is 6.05. The summed E-state index contributed by atoms with van der Waals surface area (Å²) in [7, 11) is 0. The van der Waals surface area contributed by atoms with Crippen LogP contribution < -0.4 is 10.6 Å². The summed E-state index contributed by atoms with van der Waals surface area (Å²) >= 11 is 0. The van der Waals surface area contributed by atoms with E-state index in [0.29, 0.717) is 37.1 Å². The Labute approximate surface area is 219 Å². The molecule has 2 N–H and O–H groups in total. The quantitative estimate of drug-likeness (QED) is 0.251. The number of carbonyl (C=O) groups excluding carboxylic acids is 4. The van der Waals surface area contributed by atoms with Crippen LogP contribution in [0.25, 0.3) is 11.1 Å². The number of nitrogens with one attached hydrogen (secondary N) is 2. The Kier molecular flexibility index (Phi) is 10.4. The molecule has 198 valence electrons. The second kappa shape index (κ2) is 13.7. The van der Waals surface area contributed by atoms with Crippen LogP contribution in [-0.2, 0) is 19.1 Å². The summed E-state index contributed by atoms with van der Waals surface area (Å²) in [5, 5.41) is 5.75. The van der Waals surface area contributed by atoms with Gasteiger partial charge in [-0.3, -0.25) is 19.2 Å². The summed E-state index contributed by atoms with van der Waals surface area (Å²) in [5.74, 6) is -0.603. The van der Waals surface area contributed by atoms with Gasteiger partial charge in [-0.05, 0) is 53.6 Å². The summed E-state index contributed by atoms with van der Waals surface area (Å²) in [6, 6.07) is 11.4. The first-order chi connectivity index (χ1) is 17.9. The molecule has 37 heavy (non-hydrogen) atoms. The maximum atomic E-state index is 13.0. The van der Waals surface area contributed by atoms with Crippen LogP contribution in [-0.4, -0.2) is 36.7 Å². The van der Waals surface area contributed by atoms with E-state index in [9.17, 15) is 19.2 Å². The fourth-order valence-electron chi connectivity index (χ4n) is 4.63. The highest BCUT2D eigenvalue weighted by atomic mass is 16.5. The zero-order valence-corrected chi connectivity index (χ0v) is 22.2. The zero-order chi connectivity index (χ0) is 26.8. The molecule has 0 aliphatic heterocycles. The summed E-state index contributed by atoms with van der Waals surface area (Å²) in [5.41, 5.74) is 5.03. The van der Waals surface area contributed by atoms with E-state index in [-0.39, 0.29) is 48.9 Å². The van der Waals surface area contributed by atoms with E-state index in [4.69, 9.17) is 4.74 Å². The fourth-order valence-corrected chi connectivity index (χ4v) is 4.63. The van der Waals surface area contributed by atoms with Gasteiger partial charge in [0.15, 0.2) is 5.78 Å². The van der Waals surface area contributed by atoms with Gasteiger partial charge >= 0.3 is 5.97 Å². The molecule has 0 aromatic heterocycles. The standard InChI is InChI=1S/C30H38N2O5/c1-4-7-12-26(33)23-11-8-10-21-25(19-37-29(36)6-3)24-18-20(15-16-22(24)30(21)23)32-28(35)14-9-13-27(34)31-17-5-2/h8,10-11,15-16,18,25H,4-7,9,12-14,17,19H2,1-3H3,(H,31,34)(H,32,35). The molecule has 0 radical (unpaired) electrons. The van der Waals surface area contributed by atoms with Crippen LogP contribution in [0, 0.1) is 0 Å². The van der Waals surface area contributed by atoms with E-state index in [1.54, 1.807) is 6.92 Å². The maximum absolute atomic E-state index is 13.0. The lowest BCUT2D eigenvalue weighted by Crippen LogP contribution is -2.24. The number of hydrogen-bond acceptors (Lipinski definition) is 5. The summed E-state index contributed by atoms with van der Waals surface area (Å²) in [4.78, 5) is 49.3. The minimum Gasteiger partial charge on any atom is -0.465 e. The van der Waals surface area contributed by atoms with Crippen LogP contribution in [0.2, 0.25) is 0 Å². The Morgan fingerprint density at radius 3 is 2.38 bits per heavy atom. The van der Waals surface area contributed by atoms with Crippen LogP contribution in [0.3, 0.4) is 0 Å². The summed E-state index contributed by atoms with van der Waals surface area (Å²) < 4.78 is 5.53. The van der Waals surface area contributed by atoms with Gasteiger partial charge in [0, 0.05) is 49.4 Å². The Morgan fingerprint density at radius 2 is 1.65 bits per heavy atom. The van der Waals surface area contributed by atoms with Crippen molar-refractivity contribution in [3.8, 4) is 11.1 Å². The molecule has 0 saturated carbocycles. The third-order valence-corrected chi connectivity index (χ3v) is 6.59. The van der Waals surface area contributed by atoms with Crippen LogP contribution in [0.5, 0.6) is 0 Å². The van der Waals surface area contributed by atoms with Crippen molar-refractivity contribution in [1.82, 2.24) is 5.32 Å². The lowest BCUT2D eigenvalue weighted by atomic mass is 9.93. The van der Waals surface area contributed by atoms with E-state index in [0.717, 1.165) is 41.5 Å². The van der Waals surface area contributed by atoms with Crippen molar-refractivity contribution in [3.05, 3.63) is 53.1 Å². The first kappa shape index (κ1) is 28.1. The molecule has 0 saturated heterocycles. The number of rotatable bonds is 14. The van der Waals surface area contributed by atoms with Gasteiger partial charge in [-0.25, -0.2) is 0 Å². The summed E-state index contributed by atoms with van der Waals surface area (Å²) in [6.45, 7) is 6.62.